The van der Waals surface area contributed by atoms with E-state index >= 15 is 0 Å². The van der Waals surface area contributed by atoms with Gasteiger partial charge in [-0.15, -0.1) is 0 Å². The normalized spacial score (nSPS) is 12.0. The van der Waals surface area contributed by atoms with E-state index in [1.54, 1.807) is 6.26 Å². The van der Waals surface area contributed by atoms with Gasteiger partial charge < -0.3 is 9.52 Å². The quantitative estimate of drug-likeness (QED) is 0.679. The molecule has 0 atom stereocenters. The van der Waals surface area contributed by atoms with Crippen molar-refractivity contribution in [2.24, 2.45) is 0 Å². The van der Waals surface area contributed by atoms with Crippen LogP contribution in [0.3, 0.4) is 0 Å². The first-order valence-electron chi connectivity index (χ1n) is 3.73. The summed E-state index contributed by atoms with van der Waals surface area (Å²) < 4.78 is 5.32. The number of hydrogen-bond acceptors (Lipinski definition) is 2. The summed E-state index contributed by atoms with van der Waals surface area (Å²) in [7, 11) is -1.37. The van der Waals surface area contributed by atoms with Crippen LogP contribution in [-0.2, 0) is 6.61 Å². The highest BCUT2D eigenvalue weighted by Crippen LogP contribution is 2.07. The lowest BCUT2D eigenvalue weighted by Crippen LogP contribution is -2.38. The van der Waals surface area contributed by atoms with Crippen molar-refractivity contribution in [1.29, 1.82) is 0 Å². The first-order chi connectivity index (χ1) is 5.05. The minimum absolute atomic E-state index is 0.0934. The fraction of sp³-hybridized carbons (Fsp3) is 0.500. The van der Waals surface area contributed by atoms with Gasteiger partial charge >= 0.3 is 0 Å². The smallest absolute Gasteiger partial charge is 0.123 e. The standard InChI is InChI=1S/C8H14O2Si/c1-11(2,3)8-7(6-9)4-5-10-8/h4-5,9H,6H2,1-3H3. The summed E-state index contributed by atoms with van der Waals surface area (Å²) in [5.74, 6) is 0. The van der Waals surface area contributed by atoms with E-state index in [1.165, 1.54) is 0 Å². The summed E-state index contributed by atoms with van der Waals surface area (Å²) in [6.07, 6.45) is 1.65. The van der Waals surface area contributed by atoms with Crippen molar-refractivity contribution in [3.8, 4) is 0 Å². The number of furan rings is 1. The van der Waals surface area contributed by atoms with Gasteiger partial charge in [0.05, 0.1) is 18.3 Å². The second-order valence-electron chi connectivity index (χ2n) is 3.68. The first-order valence-corrected chi connectivity index (χ1v) is 7.23. The summed E-state index contributed by atoms with van der Waals surface area (Å²) in [4.78, 5) is 0. The second kappa shape index (κ2) is 2.83. The van der Waals surface area contributed by atoms with Crippen molar-refractivity contribution >= 4 is 13.5 Å². The minimum atomic E-state index is -1.37. The van der Waals surface area contributed by atoms with Gasteiger partial charge in [0, 0.05) is 5.56 Å². The van der Waals surface area contributed by atoms with Gasteiger partial charge in [0.15, 0.2) is 0 Å². The van der Waals surface area contributed by atoms with Crippen molar-refractivity contribution in [2.45, 2.75) is 26.2 Å². The highest BCUT2D eigenvalue weighted by Gasteiger charge is 2.23. The lowest BCUT2D eigenvalue weighted by atomic mass is 10.4. The first kappa shape index (κ1) is 8.55. The molecule has 0 bridgehead atoms. The largest absolute Gasteiger partial charge is 0.474 e. The molecule has 0 fully saturated rings. The van der Waals surface area contributed by atoms with Crippen molar-refractivity contribution in [1.82, 2.24) is 0 Å². The van der Waals surface area contributed by atoms with E-state index in [0.717, 1.165) is 10.9 Å². The van der Waals surface area contributed by atoms with Crippen LogP contribution in [-0.4, -0.2) is 13.2 Å². The third-order valence-electron chi connectivity index (χ3n) is 1.60. The summed E-state index contributed by atoms with van der Waals surface area (Å²) in [6, 6.07) is 1.84. The molecule has 2 nitrogen and oxygen atoms in total. The highest BCUT2D eigenvalue weighted by atomic mass is 28.3. The van der Waals surface area contributed by atoms with Crippen LogP contribution in [0.25, 0.3) is 0 Å². The SMILES string of the molecule is C[Si](C)(C)c1occc1CO. The lowest BCUT2D eigenvalue weighted by molar-refractivity contribution is 0.282. The molecule has 62 valence electrons. The predicted octanol–water partition coefficient (Wildman–Crippen LogP) is 1.32. The van der Waals surface area contributed by atoms with Crippen LogP contribution in [0.5, 0.6) is 0 Å². The van der Waals surface area contributed by atoms with E-state index in [4.69, 9.17) is 9.52 Å². The molecule has 0 aliphatic heterocycles. The maximum atomic E-state index is 8.93. The zero-order chi connectivity index (χ0) is 8.48. The molecule has 11 heavy (non-hydrogen) atoms. The van der Waals surface area contributed by atoms with Crippen LogP contribution in [0.15, 0.2) is 16.7 Å². The molecular weight excluding hydrogens is 156 g/mol. The molecule has 0 saturated heterocycles. The van der Waals surface area contributed by atoms with Crippen LogP contribution >= 0.6 is 0 Å². The third-order valence-corrected chi connectivity index (χ3v) is 3.40. The van der Waals surface area contributed by atoms with E-state index in [2.05, 4.69) is 19.6 Å². The van der Waals surface area contributed by atoms with Crippen LogP contribution in [0, 0.1) is 0 Å². The average Bonchev–Trinajstić information content (AvgIpc) is 2.31. The summed E-state index contributed by atoms with van der Waals surface area (Å²) >= 11 is 0. The molecule has 0 unspecified atom stereocenters. The Kier molecular flexibility index (Phi) is 2.20. The Morgan fingerprint density at radius 2 is 2.09 bits per heavy atom. The van der Waals surface area contributed by atoms with Crippen molar-refractivity contribution in [3.05, 3.63) is 17.9 Å². The predicted molar refractivity (Wildman–Crippen MR) is 47.6 cm³/mol. The van der Waals surface area contributed by atoms with Gasteiger partial charge in [-0.3, -0.25) is 0 Å². The topological polar surface area (TPSA) is 33.4 Å². The van der Waals surface area contributed by atoms with Crippen LogP contribution in [0.1, 0.15) is 5.56 Å². The maximum Gasteiger partial charge on any atom is 0.123 e. The Hall–Kier alpha value is -0.543. The fourth-order valence-corrected chi connectivity index (χ4v) is 2.67. The number of hydrogen-bond donors (Lipinski definition) is 1. The number of aliphatic hydroxyl groups excluding tert-OH is 1. The Labute approximate surface area is 67.9 Å². The molecule has 0 amide bonds. The summed E-state index contributed by atoms with van der Waals surface area (Å²) in [5, 5.41) is 9.95. The molecule has 1 aromatic heterocycles. The molecule has 1 rings (SSSR count). The van der Waals surface area contributed by atoms with Crippen LogP contribution in [0.4, 0.5) is 0 Å². The van der Waals surface area contributed by atoms with Gasteiger partial charge in [-0.05, 0) is 6.07 Å². The molecule has 1 aromatic rings. The van der Waals surface area contributed by atoms with Crippen LogP contribution in [0.2, 0.25) is 19.6 Å². The Morgan fingerprint density at radius 1 is 1.45 bits per heavy atom. The fourth-order valence-electron chi connectivity index (χ4n) is 1.12. The van der Waals surface area contributed by atoms with Gasteiger partial charge in [0.2, 0.25) is 0 Å². The van der Waals surface area contributed by atoms with Gasteiger partial charge in [0.25, 0.3) is 0 Å². The van der Waals surface area contributed by atoms with Gasteiger partial charge in [-0.2, -0.15) is 0 Å². The minimum Gasteiger partial charge on any atom is -0.474 e. The van der Waals surface area contributed by atoms with Crippen molar-refractivity contribution in [3.63, 3.8) is 0 Å². The number of rotatable bonds is 2. The molecule has 0 aliphatic carbocycles. The average molecular weight is 170 g/mol. The molecule has 0 radical (unpaired) electrons. The third kappa shape index (κ3) is 1.73. The molecule has 0 aliphatic rings. The molecule has 1 heterocycles. The lowest BCUT2D eigenvalue weighted by Gasteiger charge is -2.13. The molecule has 0 aromatic carbocycles. The maximum absolute atomic E-state index is 8.93. The van der Waals surface area contributed by atoms with Gasteiger partial charge in [-0.1, -0.05) is 19.6 Å². The van der Waals surface area contributed by atoms with Crippen molar-refractivity contribution < 1.29 is 9.52 Å². The Morgan fingerprint density at radius 3 is 2.45 bits per heavy atom. The monoisotopic (exact) mass is 170 g/mol. The van der Waals surface area contributed by atoms with Crippen LogP contribution < -0.4 is 5.38 Å². The molecule has 0 spiro atoms. The zero-order valence-corrected chi connectivity index (χ0v) is 8.22. The Balaban J connectivity index is 3.02. The van der Waals surface area contributed by atoms with Gasteiger partial charge in [-0.25, -0.2) is 0 Å². The Bertz CT molecular complexity index is 234. The number of aliphatic hydroxyl groups is 1. The van der Waals surface area contributed by atoms with Crippen molar-refractivity contribution in [2.75, 3.05) is 0 Å². The van der Waals surface area contributed by atoms with E-state index in [-0.39, 0.29) is 6.61 Å². The molecular formula is C8H14O2Si. The van der Waals surface area contributed by atoms with E-state index < -0.39 is 8.07 Å². The van der Waals surface area contributed by atoms with E-state index in [9.17, 15) is 0 Å². The van der Waals surface area contributed by atoms with Gasteiger partial charge in [0.1, 0.15) is 8.07 Å². The second-order valence-corrected chi connectivity index (χ2v) is 8.64. The molecule has 1 N–H and O–H groups in total. The highest BCUT2D eigenvalue weighted by molar-refractivity contribution is 6.88. The summed E-state index contributed by atoms with van der Waals surface area (Å²) in [6.45, 7) is 6.69. The zero-order valence-electron chi connectivity index (χ0n) is 7.22. The molecule has 3 heteroatoms. The van der Waals surface area contributed by atoms with E-state index in [0.29, 0.717) is 0 Å². The van der Waals surface area contributed by atoms with E-state index in [1.807, 2.05) is 6.07 Å². The summed E-state index contributed by atoms with van der Waals surface area (Å²) in [5.41, 5.74) is 0.948. The molecule has 0 saturated carbocycles.